The number of thioether (sulfide) groups is 1. The summed E-state index contributed by atoms with van der Waals surface area (Å²) in [6.45, 7) is 3.49. The van der Waals surface area contributed by atoms with E-state index in [0.29, 0.717) is 5.25 Å². The average Bonchev–Trinajstić information content (AvgIpc) is 3.20. The molecule has 142 valence electrons. The molecule has 0 spiro atoms. The van der Waals surface area contributed by atoms with Gasteiger partial charge in [0.1, 0.15) is 6.04 Å². The van der Waals surface area contributed by atoms with Crippen molar-refractivity contribution in [1.29, 1.82) is 0 Å². The van der Waals surface area contributed by atoms with Gasteiger partial charge >= 0.3 is 0 Å². The Morgan fingerprint density at radius 2 is 2.04 bits per heavy atom. The second-order valence-corrected chi connectivity index (χ2v) is 11.2. The lowest BCUT2D eigenvalue weighted by molar-refractivity contribution is -0.120. The van der Waals surface area contributed by atoms with Crippen molar-refractivity contribution >= 4 is 49.2 Å². The fraction of sp³-hybridized carbons (Fsp3) is 0.529. The molecular weight excluding hydrogens is 390 g/mol. The summed E-state index contributed by atoms with van der Waals surface area (Å²) < 4.78 is 29.5. The van der Waals surface area contributed by atoms with E-state index >= 15 is 0 Å². The van der Waals surface area contributed by atoms with Gasteiger partial charge in [0.25, 0.3) is 0 Å². The Balaban J connectivity index is 1.84. The van der Waals surface area contributed by atoms with Crippen molar-refractivity contribution in [2.24, 2.45) is 11.7 Å². The molecule has 0 aliphatic heterocycles. The molecule has 0 bridgehead atoms. The second kappa shape index (κ2) is 7.84. The van der Waals surface area contributed by atoms with Gasteiger partial charge in [-0.15, -0.1) is 11.3 Å². The third-order valence-corrected chi connectivity index (χ3v) is 8.36. The summed E-state index contributed by atoms with van der Waals surface area (Å²) in [7, 11) is -3.83. The normalized spacial score (nSPS) is 17.2. The van der Waals surface area contributed by atoms with E-state index in [9.17, 15) is 13.2 Å². The lowest BCUT2D eigenvalue weighted by Gasteiger charge is -2.18. The first-order valence-electron chi connectivity index (χ1n) is 8.65. The Kier molecular flexibility index (Phi) is 5.91. The second-order valence-electron chi connectivity index (χ2n) is 6.88. The Bertz CT molecular complexity index is 902. The zero-order chi connectivity index (χ0) is 18.9. The molecule has 0 saturated heterocycles. The van der Waals surface area contributed by atoms with Gasteiger partial charge in [0.2, 0.25) is 15.9 Å². The first-order valence-corrected chi connectivity index (χ1v) is 11.8. The van der Waals surface area contributed by atoms with E-state index in [2.05, 4.69) is 9.71 Å². The van der Waals surface area contributed by atoms with E-state index in [1.807, 2.05) is 0 Å². The van der Waals surface area contributed by atoms with Crippen LogP contribution in [0.5, 0.6) is 0 Å². The molecular formula is C17H23N3O3S3. The number of aromatic nitrogens is 1. The Morgan fingerprint density at radius 3 is 2.65 bits per heavy atom. The molecule has 6 nitrogen and oxygen atoms in total. The van der Waals surface area contributed by atoms with Crippen LogP contribution in [0.15, 0.2) is 27.4 Å². The zero-order valence-corrected chi connectivity index (χ0v) is 17.2. The fourth-order valence-corrected chi connectivity index (χ4v) is 7.07. The van der Waals surface area contributed by atoms with Gasteiger partial charge in [-0.05, 0) is 37.0 Å². The number of carbonyl (C=O) groups is 1. The number of hydrogen-bond acceptors (Lipinski definition) is 6. The van der Waals surface area contributed by atoms with Gasteiger partial charge in [0, 0.05) is 5.25 Å². The number of hydrogen-bond donors (Lipinski definition) is 2. The highest BCUT2D eigenvalue weighted by molar-refractivity contribution is 8.01. The molecule has 0 radical (unpaired) electrons. The van der Waals surface area contributed by atoms with Crippen molar-refractivity contribution in [3.05, 3.63) is 18.2 Å². The molecule has 1 unspecified atom stereocenters. The number of fused-ring (bicyclic) bond motifs is 1. The van der Waals surface area contributed by atoms with Crippen LogP contribution in [0.3, 0.4) is 0 Å². The predicted molar refractivity (Wildman–Crippen MR) is 106 cm³/mol. The molecule has 3 rings (SSSR count). The summed E-state index contributed by atoms with van der Waals surface area (Å²) in [6.07, 6.45) is 4.97. The van der Waals surface area contributed by atoms with Crippen LogP contribution in [0, 0.1) is 5.92 Å². The smallest absolute Gasteiger partial charge is 0.241 e. The number of nitrogens with two attached hydrogens (primary N) is 1. The minimum absolute atomic E-state index is 0.123. The standard InChI is InChI=1S/C17H23N3O3S3/c1-10(2)15(16(18)21)20-26(22,23)12-7-8-13-14(9-12)25-17(19-13)24-11-5-3-4-6-11/h7-11,15,20H,3-6H2,1-2H3,(H2,18,21). The molecule has 2 aromatic rings. The summed E-state index contributed by atoms with van der Waals surface area (Å²) in [6, 6.07) is 3.91. The number of nitrogens with one attached hydrogen (secondary N) is 1. The summed E-state index contributed by atoms with van der Waals surface area (Å²) >= 11 is 3.30. The molecule has 1 aromatic carbocycles. The van der Waals surface area contributed by atoms with E-state index in [4.69, 9.17) is 5.73 Å². The van der Waals surface area contributed by atoms with Gasteiger partial charge in [-0.3, -0.25) is 4.79 Å². The van der Waals surface area contributed by atoms with Gasteiger partial charge in [-0.1, -0.05) is 38.5 Å². The van der Waals surface area contributed by atoms with Crippen LogP contribution in [0.2, 0.25) is 0 Å². The molecule has 1 aliphatic rings. The van der Waals surface area contributed by atoms with Crippen molar-refractivity contribution in [2.45, 2.75) is 60.1 Å². The molecule has 1 fully saturated rings. The number of primary amides is 1. The first kappa shape index (κ1) is 19.6. The highest BCUT2D eigenvalue weighted by Crippen LogP contribution is 2.38. The summed E-state index contributed by atoms with van der Waals surface area (Å²) in [4.78, 5) is 16.2. The average molecular weight is 414 g/mol. The number of carbonyl (C=O) groups excluding carboxylic acids is 1. The maximum absolute atomic E-state index is 12.6. The molecule has 3 N–H and O–H groups in total. The highest BCUT2D eigenvalue weighted by atomic mass is 32.2. The topological polar surface area (TPSA) is 102 Å². The van der Waals surface area contributed by atoms with E-state index in [1.165, 1.54) is 43.1 Å². The quantitative estimate of drug-likeness (QED) is 0.726. The number of rotatable bonds is 7. The molecule has 1 amide bonds. The van der Waals surface area contributed by atoms with Crippen molar-refractivity contribution in [1.82, 2.24) is 9.71 Å². The molecule has 1 aliphatic carbocycles. The number of amides is 1. The van der Waals surface area contributed by atoms with Gasteiger partial charge in [0.15, 0.2) is 4.34 Å². The Labute approximate surface area is 162 Å². The van der Waals surface area contributed by atoms with Gasteiger partial charge in [-0.2, -0.15) is 4.72 Å². The van der Waals surface area contributed by atoms with E-state index in [0.717, 1.165) is 14.6 Å². The van der Waals surface area contributed by atoms with Crippen molar-refractivity contribution in [2.75, 3.05) is 0 Å². The summed E-state index contributed by atoms with van der Waals surface area (Å²) in [5.74, 6) is -0.915. The van der Waals surface area contributed by atoms with Crippen LogP contribution in [-0.4, -0.2) is 30.6 Å². The maximum Gasteiger partial charge on any atom is 0.241 e. The fourth-order valence-electron chi connectivity index (χ4n) is 3.01. The van der Waals surface area contributed by atoms with Crippen LogP contribution in [0.1, 0.15) is 39.5 Å². The highest BCUT2D eigenvalue weighted by Gasteiger charge is 2.27. The minimum Gasteiger partial charge on any atom is -0.368 e. The lowest BCUT2D eigenvalue weighted by Crippen LogP contribution is -2.47. The molecule has 1 heterocycles. The van der Waals surface area contributed by atoms with Crippen LogP contribution < -0.4 is 10.5 Å². The number of sulfonamides is 1. The zero-order valence-electron chi connectivity index (χ0n) is 14.8. The molecule has 9 heteroatoms. The third-order valence-electron chi connectivity index (χ3n) is 4.48. The number of thiazole rings is 1. The lowest BCUT2D eigenvalue weighted by atomic mass is 10.1. The van der Waals surface area contributed by atoms with Crippen molar-refractivity contribution in [3.63, 3.8) is 0 Å². The Morgan fingerprint density at radius 1 is 1.35 bits per heavy atom. The van der Waals surface area contributed by atoms with Crippen molar-refractivity contribution in [3.8, 4) is 0 Å². The molecule has 1 saturated carbocycles. The van der Waals surface area contributed by atoms with Gasteiger partial charge in [-0.25, -0.2) is 13.4 Å². The predicted octanol–water partition coefficient (Wildman–Crippen LogP) is 3.12. The van der Waals surface area contributed by atoms with Crippen molar-refractivity contribution < 1.29 is 13.2 Å². The Hall–Kier alpha value is -1.16. The van der Waals surface area contributed by atoms with Gasteiger partial charge < -0.3 is 5.73 Å². The van der Waals surface area contributed by atoms with Crippen LogP contribution in [0.4, 0.5) is 0 Å². The molecule has 26 heavy (non-hydrogen) atoms. The monoisotopic (exact) mass is 413 g/mol. The number of nitrogens with zero attached hydrogens (tertiary/aromatic N) is 1. The van der Waals surface area contributed by atoms with Crippen LogP contribution >= 0.6 is 23.1 Å². The van der Waals surface area contributed by atoms with E-state index < -0.39 is 22.0 Å². The summed E-state index contributed by atoms with van der Waals surface area (Å²) in [5.41, 5.74) is 6.11. The minimum atomic E-state index is -3.83. The van der Waals surface area contributed by atoms with Gasteiger partial charge in [0.05, 0.1) is 15.1 Å². The molecule has 1 aromatic heterocycles. The first-order chi connectivity index (χ1) is 12.3. The largest absolute Gasteiger partial charge is 0.368 e. The SMILES string of the molecule is CC(C)C(NS(=O)(=O)c1ccc2nc(SC3CCCC3)sc2c1)C(N)=O. The van der Waals surface area contributed by atoms with Crippen LogP contribution in [0.25, 0.3) is 10.2 Å². The van der Waals surface area contributed by atoms with Crippen LogP contribution in [-0.2, 0) is 14.8 Å². The molecule has 1 atom stereocenters. The number of benzene rings is 1. The van der Waals surface area contributed by atoms with E-state index in [-0.39, 0.29) is 10.8 Å². The van der Waals surface area contributed by atoms with E-state index in [1.54, 1.807) is 37.7 Å². The third kappa shape index (κ3) is 4.39. The maximum atomic E-state index is 12.6. The summed E-state index contributed by atoms with van der Waals surface area (Å²) in [5, 5.41) is 0.614.